The lowest BCUT2D eigenvalue weighted by atomic mass is 10.1. The Kier molecular flexibility index (Phi) is 5.85. The van der Waals surface area contributed by atoms with Crippen molar-refractivity contribution in [3.8, 4) is 5.75 Å². The van der Waals surface area contributed by atoms with Crippen LogP contribution in [0.2, 0.25) is 0 Å². The van der Waals surface area contributed by atoms with Gasteiger partial charge in [0.05, 0.1) is 0 Å². The zero-order valence-corrected chi connectivity index (χ0v) is 12.1. The van der Waals surface area contributed by atoms with Crippen LogP contribution < -0.4 is 15.4 Å². The fourth-order valence-corrected chi connectivity index (χ4v) is 1.90. The van der Waals surface area contributed by atoms with Gasteiger partial charge in [0.1, 0.15) is 11.6 Å². The van der Waals surface area contributed by atoms with Crippen molar-refractivity contribution < 1.29 is 22.7 Å². The first kappa shape index (κ1) is 16.7. The fraction of sp³-hybridized carbons (Fsp3) is 0.188. The molecule has 2 aromatic carbocycles. The second-order valence-corrected chi connectivity index (χ2v) is 4.66. The van der Waals surface area contributed by atoms with Crippen LogP contribution >= 0.6 is 0 Å². The van der Waals surface area contributed by atoms with Crippen molar-refractivity contribution in [2.75, 3.05) is 11.9 Å². The zero-order valence-electron chi connectivity index (χ0n) is 12.1. The second kappa shape index (κ2) is 8.07. The summed E-state index contributed by atoms with van der Waals surface area (Å²) in [6.07, 6.45) is 0.544. The number of anilines is 1. The van der Waals surface area contributed by atoms with E-state index in [1.54, 1.807) is 18.2 Å². The van der Waals surface area contributed by atoms with Gasteiger partial charge < -0.3 is 15.4 Å². The van der Waals surface area contributed by atoms with Crippen LogP contribution in [-0.2, 0) is 6.42 Å². The summed E-state index contributed by atoms with van der Waals surface area (Å²) in [6.45, 7) is -2.57. The summed E-state index contributed by atoms with van der Waals surface area (Å²) in [4.78, 5) is 11.7. The number of carbonyl (C=O) groups is 1. The Balaban J connectivity index is 1.79. The lowest BCUT2D eigenvalue weighted by Crippen LogP contribution is -2.30. The Morgan fingerprint density at radius 2 is 1.87 bits per heavy atom. The van der Waals surface area contributed by atoms with Gasteiger partial charge in [0.25, 0.3) is 0 Å². The van der Waals surface area contributed by atoms with Gasteiger partial charge in [-0.15, -0.1) is 0 Å². The molecule has 122 valence electrons. The SMILES string of the molecule is O=C(NCCc1ccc(F)cc1)Nc1cccc(OC(F)F)c1. The van der Waals surface area contributed by atoms with Crippen LogP contribution in [0.3, 0.4) is 0 Å². The zero-order chi connectivity index (χ0) is 16.7. The summed E-state index contributed by atoms with van der Waals surface area (Å²) < 4.78 is 41.2. The summed E-state index contributed by atoms with van der Waals surface area (Å²) in [7, 11) is 0. The van der Waals surface area contributed by atoms with E-state index in [2.05, 4.69) is 15.4 Å². The molecule has 0 aromatic heterocycles. The topological polar surface area (TPSA) is 50.4 Å². The molecule has 2 amide bonds. The van der Waals surface area contributed by atoms with E-state index in [-0.39, 0.29) is 11.6 Å². The summed E-state index contributed by atoms with van der Waals surface area (Å²) in [5, 5.41) is 5.14. The number of benzene rings is 2. The number of hydrogen-bond acceptors (Lipinski definition) is 2. The van der Waals surface area contributed by atoms with Crippen LogP contribution in [0.1, 0.15) is 5.56 Å². The van der Waals surface area contributed by atoms with E-state index in [0.717, 1.165) is 5.56 Å². The highest BCUT2D eigenvalue weighted by Gasteiger charge is 2.06. The molecule has 0 atom stereocenters. The highest BCUT2D eigenvalue weighted by atomic mass is 19.3. The van der Waals surface area contributed by atoms with Crippen molar-refractivity contribution in [3.63, 3.8) is 0 Å². The molecule has 4 nitrogen and oxygen atoms in total. The molecule has 0 unspecified atom stereocenters. The molecular weight excluding hydrogens is 309 g/mol. The number of carbonyl (C=O) groups excluding carboxylic acids is 1. The second-order valence-electron chi connectivity index (χ2n) is 4.66. The Morgan fingerprint density at radius 3 is 2.57 bits per heavy atom. The minimum absolute atomic E-state index is 0.0379. The number of nitrogens with one attached hydrogen (secondary N) is 2. The van der Waals surface area contributed by atoms with Gasteiger partial charge in [0.15, 0.2) is 0 Å². The van der Waals surface area contributed by atoms with Crippen molar-refractivity contribution >= 4 is 11.7 Å². The third kappa shape index (κ3) is 5.90. The highest BCUT2D eigenvalue weighted by molar-refractivity contribution is 5.89. The third-order valence-corrected chi connectivity index (χ3v) is 2.93. The summed E-state index contributed by atoms with van der Waals surface area (Å²) >= 11 is 0. The van der Waals surface area contributed by atoms with E-state index in [9.17, 15) is 18.0 Å². The molecule has 0 heterocycles. The van der Waals surface area contributed by atoms with Gasteiger partial charge in [-0.3, -0.25) is 0 Å². The molecule has 0 saturated carbocycles. The first-order chi connectivity index (χ1) is 11.0. The quantitative estimate of drug-likeness (QED) is 0.849. The average Bonchev–Trinajstić information content (AvgIpc) is 2.49. The maximum atomic E-state index is 12.8. The van der Waals surface area contributed by atoms with Crippen molar-refractivity contribution in [2.45, 2.75) is 13.0 Å². The van der Waals surface area contributed by atoms with E-state index in [4.69, 9.17) is 0 Å². The van der Waals surface area contributed by atoms with E-state index < -0.39 is 12.6 Å². The summed E-state index contributed by atoms with van der Waals surface area (Å²) in [6, 6.07) is 11.2. The maximum absolute atomic E-state index is 12.8. The number of hydrogen-bond donors (Lipinski definition) is 2. The number of urea groups is 1. The van der Waals surface area contributed by atoms with E-state index >= 15 is 0 Å². The van der Waals surface area contributed by atoms with Crippen molar-refractivity contribution in [3.05, 3.63) is 59.9 Å². The van der Waals surface area contributed by atoms with Crippen LogP contribution in [0, 0.1) is 5.82 Å². The van der Waals surface area contributed by atoms with E-state index in [1.807, 2.05) is 0 Å². The van der Waals surface area contributed by atoms with Crippen LogP contribution in [0.15, 0.2) is 48.5 Å². The molecule has 0 fully saturated rings. The number of amides is 2. The molecular formula is C16H15F3N2O2. The van der Waals surface area contributed by atoms with Crippen LogP contribution in [0.5, 0.6) is 5.75 Å². The van der Waals surface area contributed by atoms with Gasteiger partial charge in [-0.2, -0.15) is 8.78 Å². The molecule has 0 aliphatic rings. The Hall–Kier alpha value is -2.70. The molecule has 23 heavy (non-hydrogen) atoms. The fourth-order valence-electron chi connectivity index (χ4n) is 1.90. The lowest BCUT2D eigenvalue weighted by Gasteiger charge is -2.09. The van der Waals surface area contributed by atoms with Gasteiger partial charge in [0.2, 0.25) is 0 Å². The predicted molar refractivity (Wildman–Crippen MR) is 80.2 cm³/mol. The molecule has 0 aliphatic carbocycles. The highest BCUT2D eigenvalue weighted by Crippen LogP contribution is 2.19. The van der Waals surface area contributed by atoms with E-state index in [0.29, 0.717) is 18.7 Å². The molecule has 2 rings (SSSR count). The number of halogens is 3. The first-order valence-electron chi connectivity index (χ1n) is 6.87. The molecule has 0 radical (unpaired) electrons. The largest absolute Gasteiger partial charge is 0.435 e. The van der Waals surface area contributed by atoms with Crippen LogP contribution in [-0.4, -0.2) is 19.2 Å². The van der Waals surface area contributed by atoms with Gasteiger partial charge in [0, 0.05) is 18.3 Å². The number of ether oxygens (including phenoxy) is 1. The van der Waals surface area contributed by atoms with Gasteiger partial charge >= 0.3 is 12.6 Å². The Labute approximate surface area is 131 Å². The van der Waals surface area contributed by atoms with E-state index in [1.165, 1.54) is 30.3 Å². The molecule has 0 spiro atoms. The number of alkyl halides is 2. The third-order valence-electron chi connectivity index (χ3n) is 2.93. The molecule has 0 bridgehead atoms. The first-order valence-corrected chi connectivity index (χ1v) is 6.87. The van der Waals surface area contributed by atoms with Gasteiger partial charge in [-0.25, -0.2) is 9.18 Å². The Morgan fingerprint density at radius 1 is 1.13 bits per heavy atom. The average molecular weight is 324 g/mol. The van der Waals surface area contributed by atoms with Crippen LogP contribution in [0.25, 0.3) is 0 Å². The monoisotopic (exact) mass is 324 g/mol. The van der Waals surface area contributed by atoms with Gasteiger partial charge in [-0.1, -0.05) is 18.2 Å². The van der Waals surface area contributed by atoms with Gasteiger partial charge in [-0.05, 0) is 36.2 Å². The summed E-state index contributed by atoms with van der Waals surface area (Å²) in [5.41, 5.74) is 1.22. The standard InChI is InChI=1S/C16H15F3N2O2/c17-12-6-4-11(5-7-12)8-9-20-16(22)21-13-2-1-3-14(10-13)23-15(18)19/h1-7,10,15H,8-9H2,(H2,20,21,22). The molecule has 0 saturated heterocycles. The normalized spacial score (nSPS) is 10.4. The molecule has 2 aromatic rings. The Bertz CT molecular complexity index is 648. The van der Waals surface area contributed by atoms with Crippen molar-refractivity contribution in [1.82, 2.24) is 5.32 Å². The lowest BCUT2D eigenvalue weighted by molar-refractivity contribution is -0.0497. The summed E-state index contributed by atoms with van der Waals surface area (Å²) in [5.74, 6) is -0.352. The minimum atomic E-state index is -2.92. The van der Waals surface area contributed by atoms with Crippen LogP contribution in [0.4, 0.5) is 23.7 Å². The predicted octanol–water partition coefficient (Wildman–Crippen LogP) is 3.79. The van der Waals surface area contributed by atoms with Crippen molar-refractivity contribution in [2.24, 2.45) is 0 Å². The smallest absolute Gasteiger partial charge is 0.387 e. The minimum Gasteiger partial charge on any atom is -0.435 e. The van der Waals surface area contributed by atoms with Crippen molar-refractivity contribution in [1.29, 1.82) is 0 Å². The molecule has 2 N–H and O–H groups in total. The number of rotatable bonds is 6. The molecule has 7 heteroatoms. The molecule has 0 aliphatic heterocycles. The maximum Gasteiger partial charge on any atom is 0.387 e.